The first-order chi connectivity index (χ1) is 15.5. The Morgan fingerprint density at radius 3 is 1.50 bits per heavy atom. The topological polar surface area (TPSA) is 72.8 Å². The maximum atomic E-state index is 11.5. The number of carbonyl (C=O) groups is 2. The smallest absolute Gasteiger partial charge is 0.368 e. The van der Waals surface area contributed by atoms with Gasteiger partial charge in [0.25, 0.3) is 0 Å². The lowest BCUT2D eigenvalue weighted by atomic mass is 10.1. The molecule has 0 bridgehead atoms. The van der Waals surface area contributed by atoms with Crippen molar-refractivity contribution in [1.82, 2.24) is 0 Å². The lowest BCUT2D eigenvalue weighted by molar-refractivity contribution is -0.273. The Kier molecular flexibility index (Phi) is 6.01. The first kappa shape index (κ1) is 21.3. The van der Waals surface area contributed by atoms with Gasteiger partial charge in [-0.25, -0.2) is 0 Å². The van der Waals surface area contributed by atoms with E-state index in [4.69, 9.17) is 9.47 Å². The summed E-state index contributed by atoms with van der Waals surface area (Å²) in [5.74, 6) is -1.27. The number of Topliss-reactive ketones (excluding diaryl/α,β-unsaturated/α-hetero) is 2. The van der Waals surface area contributed by atoms with E-state index in [1.807, 2.05) is 48.5 Å². The summed E-state index contributed by atoms with van der Waals surface area (Å²) in [6, 6.07) is 29.1. The zero-order valence-electron chi connectivity index (χ0n) is 17.5. The lowest BCUT2D eigenvalue weighted by Crippen LogP contribution is -2.41. The van der Waals surface area contributed by atoms with Crippen molar-refractivity contribution >= 4 is 22.3 Å². The molecule has 4 aromatic carbocycles. The van der Waals surface area contributed by atoms with Gasteiger partial charge in [-0.15, -0.1) is 0 Å². The van der Waals surface area contributed by atoms with Crippen LogP contribution in [0, 0.1) is 0 Å². The van der Waals surface area contributed by atoms with Gasteiger partial charge in [-0.2, -0.15) is 0 Å². The van der Waals surface area contributed by atoms with Crippen LogP contribution >= 0.6 is 0 Å². The Balaban J connectivity index is 0.000000157. The van der Waals surface area contributed by atoms with E-state index in [-0.39, 0.29) is 11.6 Å². The summed E-state index contributed by atoms with van der Waals surface area (Å²) in [4.78, 5) is 23.1. The van der Waals surface area contributed by atoms with Crippen LogP contribution in [-0.4, -0.2) is 22.6 Å². The second-order valence-electron chi connectivity index (χ2n) is 7.26. The van der Waals surface area contributed by atoms with E-state index in [9.17, 15) is 14.7 Å². The summed E-state index contributed by atoms with van der Waals surface area (Å²) in [5.41, 5.74) is 1.09. The number of benzene rings is 4. The Morgan fingerprint density at radius 2 is 1.09 bits per heavy atom. The maximum Gasteiger partial charge on any atom is 0.368 e. The highest BCUT2D eigenvalue weighted by Gasteiger charge is 2.30. The number of rotatable bonds is 5. The van der Waals surface area contributed by atoms with Crippen LogP contribution in [0.15, 0.2) is 97.1 Å². The third kappa shape index (κ3) is 4.38. The summed E-state index contributed by atoms with van der Waals surface area (Å²) >= 11 is 0. The average Bonchev–Trinajstić information content (AvgIpc) is 3.08. The van der Waals surface area contributed by atoms with Crippen molar-refractivity contribution < 1.29 is 24.2 Å². The molecule has 5 heteroatoms. The summed E-state index contributed by atoms with van der Waals surface area (Å²) < 4.78 is 11.0. The van der Waals surface area contributed by atoms with Gasteiger partial charge in [0.1, 0.15) is 11.5 Å². The van der Waals surface area contributed by atoms with Crippen LogP contribution in [0.3, 0.4) is 0 Å². The molecule has 4 aromatic rings. The third-order valence-corrected chi connectivity index (χ3v) is 5.09. The normalized spacial score (nSPS) is 12.3. The predicted octanol–water partition coefficient (Wildman–Crippen LogP) is 5.42. The molecule has 5 rings (SSSR count). The average molecular weight is 426 g/mol. The highest BCUT2D eigenvalue weighted by Crippen LogP contribution is 2.30. The first-order valence-electron chi connectivity index (χ1n) is 10.3. The van der Waals surface area contributed by atoms with Gasteiger partial charge in [-0.1, -0.05) is 79.7 Å². The van der Waals surface area contributed by atoms with Gasteiger partial charge in [-0.3, -0.25) is 9.59 Å². The van der Waals surface area contributed by atoms with Crippen molar-refractivity contribution in [2.45, 2.75) is 19.3 Å². The number of hydrogen-bond donors (Lipinski definition) is 1. The molecule has 5 nitrogen and oxygen atoms in total. The Hall–Kier alpha value is -3.96. The van der Waals surface area contributed by atoms with Gasteiger partial charge in [0.05, 0.1) is 6.42 Å². The minimum Gasteiger partial charge on any atom is -0.430 e. The molecule has 0 spiro atoms. The highest BCUT2D eigenvalue weighted by atomic mass is 16.8. The van der Waals surface area contributed by atoms with E-state index in [1.54, 1.807) is 55.5 Å². The molecule has 160 valence electrons. The van der Waals surface area contributed by atoms with Crippen molar-refractivity contribution in [3.63, 3.8) is 0 Å². The number of hydrogen-bond acceptors (Lipinski definition) is 5. The highest BCUT2D eigenvalue weighted by molar-refractivity contribution is 6.57. The summed E-state index contributed by atoms with van der Waals surface area (Å²) in [6.45, 7) is 1.80. The molecule has 0 fully saturated rings. The molecule has 0 amide bonds. The van der Waals surface area contributed by atoms with Crippen molar-refractivity contribution in [3.05, 3.63) is 108 Å². The van der Waals surface area contributed by atoms with Crippen LogP contribution in [0.5, 0.6) is 11.5 Å². The molecule has 32 heavy (non-hydrogen) atoms. The van der Waals surface area contributed by atoms with Crippen LogP contribution in [0.25, 0.3) is 10.8 Å². The maximum absolute atomic E-state index is 11.5. The van der Waals surface area contributed by atoms with E-state index in [0.717, 1.165) is 10.8 Å². The van der Waals surface area contributed by atoms with E-state index in [2.05, 4.69) is 0 Å². The SMILES string of the molecule is CCC(O)(Oc1ccccc1)Oc1ccccc1.O=C1C(=O)c2cccc3cccc1c23. The van der Waals surface area contributed by atoms with Crippen molar-refractivity contribution in [1.29, 1.82) is 0 Å². The molecule has 0 heterocycles. The zero-order chi connectivity index (χ0) is 22.6. The number of ether oxygens (including phenoxy) is 2. The van der Waals surface area contributed by atoms with Crippen LogP contribution in [0.4, 0.5) is 0 Å². The van der Waals surface area contributed by atoms with Crippen molar-refractivity contribution in [3.8, 4) is 11.5 Å². The molecular weight excluding hydrogens is 404 g/mol. The minimum absolute atomic E-state index is 0.316. The van der Waals surface area contributed by atoms with Gasteiger partial charge in [-0.05, 0) is 29.7 Å². The van der Waals surface area contributed by atoms with Crippen LogP contribution in [-0.2, 0) is 0 Å². The Bertz CT molecular complexity index is 1160. The van der Waals surface area contributed by atoms with Crippen molar-refractivity contribution in [2.75, 3.05) is 0 Å². The van der Waals surface area contributed by atoms with Crippen LogP contribution < -0.4 is 9.47 Å². The fourth-order valence-electron chi connectivity index (χ4n) is 3.47. The third-order valence-electron chi connectivity index (χ3n) is 5.09. The summed E-state index contributed by atoms with van der Waals surface area (Å²) in [5, 5.41) is 12.1. The second kappa shape index (κ2) is 9.04. The molecule has 0 aliphatic heterocycles. The number of para-hydroxylation sites is 2. The fourth-order valence-corrected chi connectivity index (χ4v) is 3.47. The molecule has 0 radical (unpaired) electrons. The monoisotopic (exact) mass is 426 g/mol. The minimum atomic E-state index is -1.65. The summed E-state index contributed by atoms with van der Waals surface area (Å²) in [7, 11) is 0. The quantitative estimate of drug-likeness (QED) is 0.341. The number of aliphatic hydroxyl groups is 1. The van der Waals surface area contributed by atoms with E-state index < -0.39 is 5.97 Å². The number of ketones is 2. The predicted molar refractivity (Wildman–Crippen MR) is 122 cm³/mol. The van der Waals surface area contributed by atoms with Crippen LogP contribution in [0.1, 0.15) is 34.1 Å². The van der Waals surface area contributed by atoms with Gasteiger partial charge >= 0.3 is 5.97 Å². The first-order valence-corrected chi connectivity index (χ1v) is 10.3. The van der Waals surface area contributed by atoms with Gasteiger partial charge in [0.2, 0.25) is 11.6 Å². The largest absolute Gasteiger partial charge is 0.430 e. The van der Waals surface area contributed by atoms with Gasteiger partial charge in [0, 0.05) is 16.5 Å². The molecular formula is C27H22O5. The Labute approximate surface area is 185 Å². The van der Waals surface area contributed by atoms with E-state index >= 15 is 0 Å². The molecule has 0 atom stereocenters. The molecule has 1 N–H and O–H groups in total. The molecule has 0 saturated carbocycles. The van der Waals surface area contributed by atoms with E-state index in [1.165, 1.54) is 0 Å². The second-order valence-corrected chi connectivity index (χ2v) is 7.26. The Morgan fingerprint density at radius 1 is 0.656 bits per heavy atom. The standard InChI is InChI=1S/C15H16O3.C12H6O2/c1-2-15(16,17-13-9-5-3-6-10-13)18-14-11-7-4-8-12-14;13-11-8-5-1-3-7-4-2-6-9(10(7)8)12(11)14/h3-12,16H,2H2,1H3;1-6H. The number of carbonyl (C=O) groups excluding carboxylic acids is 2. The molecule has 0 aromatic heterocycles. The summed E-state index contributed by atoms with van der Waals surface area (Å²) in [6.07, 6.45) is 0.316. The molecule has 0 saturated heterocycles. The van der Waals surface area contributed by atoms with Gasteiger partial charge < -0.3 is 14.6 Å². The fraction of sp³-hybridized carbons (Fsp3) is 0.111. The van der Waals surface area contributed by atoms with Crippen molar-refractivity contribution in [2.24, 2.45) is 0 Å². The molecule has 0 unspecified atom stereocenters. The molecule has 1 aliphatic carbocycles. The van der Waals surface area contributed by atoms with Gasteiger partial charge in [0.15, 0.2) is 0 Å². The van der Waals surface area contributed by atoms with E-state index in [0.29, 0.717) is 29.0 Å². The molecule has 1 aliphatic rings. The van der Waals surface area contributed by atoms with Crippen LogP contribution in [0.2, 0.25) is 0 Å². The lowest BCUT2D eigenvalue weighted by Gasteiger charge is -2.27. The zero-order valence-corrected chi connectivity index (χ0v) is 17.5.